The number of nitrogens with zero attached hydrogens (tertiary/aromatic N) is 2. The SMILES string of the molecule is CCC/C(=C\c1ccc(CO)o1)CC[C@@H](O)C1=C(C(C)C)C[C@H]2C(=O)N(C3CCN(Cc4ccccc4)CC3)C(=O)[C@H]2[C@H]1CO. The van der Waals surface area contributed by atoms with Crippen molar-refractivity contribution in [3.05, 3.63) is 76.3 Å². The van der Waals surface area contributed by atoms with E-state index in [0.29, 0.717) is 30.8 Å². The number of amides is 2. The Balaban J connectivity index is 1.30. The van der Waals surface area contributed by atoms with Crippen LogP contribution in [0.3, 0.4) is 0 Å². The number of furan rings is 1. The van der Waals surface area contributed by atoms with Crippen LogP contribution >= 0.6 is 0 Å². The summed E-state index contributed by atoms with van der Waals surface area (Å²) >= 11 is 0. The number of rotatable bonds is 13. The number of carbonyl (C=O) groups excluding carboxylic acids is 2. The lowest BCUT2D eigenvalue weighted by molar-refractivity contribution is -0.144. The Morgan fingerprint density at radius 2 is 1.76 bits per heavy atom. The topological polar surface area (TPSA) is 114 Å². The van der Waals surface area contributed by atoms with Gasteiger partial charge < -0.3 is 19.7 Å². The van der Waals surface area contributed by atoms with Gasteiger partial charge in [-0.1, -0.05) is 68.7 Å². The van der Waals surface area contributed by atoms with E-state index in [-0.39, 0.29) is 37.0 Å². The van der Waals surface area contributed by atoms with Crippen LogP contribution in [0.1, 0.15) is 82.8 Å². The molecule has 2 aliphatic heterocycles. The van der Waals surface area contributed by atoms with Gasteiger partial charge in [-0.05, 0) is 73.8 Å². The molecule has 5 rings (SSSR count). The number of benzene rings is 1. The van der Waals surface area contributed by atoms with Crippen LogP contribution in [-0.4, -0.2) is 68.8 Å². The molecule has 4 atom stereocenters. The third kappa shape index (κ3) is 7.35. The van der Waals surface area contributed by atoms with Crippen LogP contribution in [0.4, 0.5) is 0 Å². The molecule has 3 aliphatic rings. The fraction of sp³-hybridized carbons (Fsp3) is 0.568. The smallest absolute Gasteiger partial charge is 0.234 e. The maximum absolute atomic E-state index is 14.1. The first-order chi connectivity index (χ1) is 21.7. The second-order valence-electron chi connectivity index (χ2n) is 13.4. The molecule has 2 amide bonds. The van der Waals surface area contributed by atoms with E-state index >= 15 is 0 Å². The summed E-state index contributed by atoms with van der Waals surface area (Å²) in [6, 6.07) is 13.8. The summed E-state index contributed by atoms with van der Waals surface area (Å²) in [5.41, 5.74) is 4.15. The van der Waals surface area contributed by atoms with Crippen molar-refractivity contribution in [2.75, 3.05) is 19.7 Å². The van der Waals surface area contributed by atoms with E-state index in [4.69, 9.17) is 4.42 Å². The lowest BCUT2D eigenvalue weighted by Crippen LogP contribution is -2.47. The van der Waals surface area contributed by atoms with Crippen molar-refractivity contribution in [3.8, 4) is 0 Å². The molecule has 8 heteroatoms. The van der Waals surface area contributed by atoms with Gasteiger partial charge in [0.05, 0.1) is 24.5 Å². The molecule has 3 heterocycles. The molecule has 1 aromatic carbocycles. The summed E-state index contributed by atoms with van der Waals surface area (Å²) < 4.78 is 5.67. The fourth-order valence-corrected chi connectivity index (χ4v) is 7.83. The summed E-state index contributed by atoms with van der Waals surface area (Å²) in [5.74, 6) is -0.723. The molecule has 0 radical (unpaired) electrons. The first kappa shape index (κ1) is 33.3. The van der Waals surface area contributed by atoms with Crippen molar-refractivity contribution in [2.45, 2.75) is 91.0 Å². The number of likely N-dealkylation sites (tertiary alicyclic amines) is 2. The number of aliphatic hydroxyl groups is 3. The minimum atomic E-state index is -0.830. The zero-order valence-corrected chi connectivity index (χ0v) is 27.0. The lowest BCUT2D eigenvalue weighted by Gasteiger charge is -2.38. The van der Waals surface area contributed by atoms with E-state index in [1.807, 2.05) is 30.3 Å². The highest BCUT2D eigenvalue weighted by Crippen LogP contribution is 2.49. The predicted molar refractivity (Wildman–Crippen MR) is 173 cm³/mol. The molecule has 0 bridgehead atoms. The molecular weight excluding hydrogens is 568 g/mol. The average molecular weight is 619 g/mol. The van der Waals surface area contributed by atoms with Gasteiger partial charge in [-0.15, -0.1) is 0 Å². The minimum absolute atomic E-state index is 0.0773. The van der Waals surface area contributed by atoms with E-state index in [0.717, 1.165) is 62.0 Å². The number of fused-ring (bicyclic) bond motifs is 1. The zero-order valence-electron chi connectivity index (χ0n) is 27.0. The quantitative estimate of drug-likeness (QED) is 0.206. The standard InChI is InChI=1S/C37H50N2O6/c1-4-8-25(19-28-12-13-29(22-40)45-28)11-14-33(42)34-30(24(2)3)20-31-35(32(34)23-41)37(44)39(36(31)43)27-15-17-38(18-16-27)21-26-9-6-5-7-10-26/h5-7,9-10,12-13,19,24,27,31-33,35,40-42H,4,8,11,14-18,20-23H2,1-3H3/b25-19+/t31-,32+,33-,35-/m1/s1. The third-order valence-corrected chi connectivity index (χ3v) is 10.1. The zero-order chi connectivity index (χ0) is 32.1. The molecule has 45 heavy (non-hydrogen) atoms. The number of hydrogen-bond donors (Lipinski definition) is 3. The first-order valence-corrected chi connectivity index (χ1v) is 16.8. The molecule has 8 nitrogen and oxygen atoms in total. The Morgan fingerprint density at radius 3 is 2.38 bits per heavy atom. The number of imide groups is 1. The molecule has 0 saturated carbocycles. The van der Waals surface area contributed by atoms with E-state index in [9.17, 15) is 24.9 Å². The van der Waals surface area contributed by atoms with Crippen molar-refractivity contribution in [1.82, 2.24) is 9.80 Å². The summed E-state index contributed by atoms with van der Waals surface area (Å²) in [5, 5.41) is 31.8. The number of aliphatic hydroxyl groups excluding tert-OH is 3. The van der Waals surface area contributed by atoms with Crippen molar-refractivity contribution in [3.63, 3.8) is 0 Å². The molecule has 2 saturated heterocycles. The van der Waals surface area contributed by atoms with Gasteiger partial charge in [-0.2, -0.15) is 0 Å². The number of piperidine rings is 1. The van der Waals surface area contributed by atoms with Crippen LogP contribution in [0.25, 0.3) is 6.08 Å². The molecule has 244 valence electrons. The van der Waals surface area contributed by atoms with Gasteiger partial charge in [0.25, 0.3) is 0 Å². The van der Waals surface area contributed by atoms with Crippen LogP contribution < -0.4 is 0 Å². The molecule has 0 spiro atoms. The van der Waals surface area contributed by atoms with E-state index in [1.165, 1.54) is 10.5 Å². The average Bonchev–Trinajstić information content (AvgIpc) is 3.60. The van der Waals surface area contributed by atoms with Gasteiger partial charge in [0.15, 0.2) is 0 Å². The van der Waals surface area contributed by atoms with Crippen molar-refractivity contribution in [1.29, 1.82) is 0 Å². The van der Waals surface area contributed by atoms with Gasteiger partial charge in [0.2, 0.25) is 11.8 Å². The largest absolute Gasteiger partial charge is 0.459 e. The van der Waals surface area contributed by atoms with Crippen molar-refractivity contribution < 1.29 is 29.3 Å². The highest BCUT2D eigenvalue weighted by molar-refractivity contribution is 6.06. The molecule has 2 fully saturated rings. The minimum Gasteiger partial charge on any atom is -0.459 e. The molecular formula is C37H50N2O6. The van der Waals surface area contributed by atoms with Crippen molar-refractivity contribution in [2.24, 2.45) is 23.7 Å². The monoisotopic (exact) mass is 618 g/mol. The highest BCUT2D eigenvalue weighted by atomic mass is 16.4. The van der Waals surface area contributed by atoms with Gasteiger partial charge in [0, 0.05) is 31.6 Å². The Bertz CT molecular complexity index is 1370. The number of hydrogen-bond acceptors (Lipinski definition) is 7. The number of carbonyl (C=O) groups is 2. The molecule has 2 aromatic rings. The van der Waals surface area contributed by atoms with Crippen LogP contribution in [0.15, 0.2) is 63.6 Å². The van der Waals surface area contributed by atoms with Crippen LogP contribution in [0.2, 0.25) is 0 Å². The van der Waals surface area contributed by atoms with Crippen LogP contribution in [-0.2, 0) is 22.7 Å². The van der Waals surface area contributed by atoms with Gasteiger partial charge in [-0.3, -0.25) is 19.4 Å². The Hall–Kier alpha value is -3.04. The van der Waals surface area contributed by atoms with Gasteiger partial charge in [0.1, 0.15) is 18.1 Å². The first-order valence-electron chi connectivity index (χ1n) is 16.8. The van der Waals surface area contributed by atoms with Crippen molar-refractivity contribution >= 4 is 17.9 Å². The molecule has 1 aliphatic carbocycles. The maximum Gasteiger partial charge on any atom is 0.234 e. The summed E-state index contributed by atoms with van der Waals surface area (Å²) in [4.78, 5) is 31.9. The summed E-state index contributed by atoms with van der Waals surface area (Å²) in [7, 11) is 0. The van der Waals surface area contributed by atoms with E-state index in [2.05, 4.69) is 37.8 Å². The van der Waals surface area contributed by atoms with Gasteiger partial charge in [-0.25, -0.2) is 0 Å². The molecule has 1 aromatic heterocycles. The fourth-order valence-electron chi connectivity index (χ4n) is 7.83. The maximum atomic E-state index is 14.1. The van der Waals surface area contributed by atoms with Gasteiger partial charge >= 0.3 is 0 Å². The summed E-state index contributed by atoms with van der Waals surface area (Å²) in [6.45, 7) is 8.31. The van der Waals surface area contributed by atoms with E-state index < -0.39 is 23.9 Å². The second kappa shape index (κ2) is 15.0. The second-order valence-corrected chi connectivity index (χ2v) is 13.4. The molecule has 3 N–H and O–H groups in total. The predicted octanol–water partition coefficient (Wildman–Crippen LogP) is 5.33. The summed E-state index contributed by atoms with van der Waals surface area (Å²) in [6.07, 6.45) is 5.96. The van der Waals surface area contributed by atoms with E-state index in [1.54, 1.807) is 6.07 Å². The van der Waals surface area contributed by atoms with Crippen LogP contribution in [0, 0.1) is 23.7 Å². The lowest BCUT2D eigenvalue weighted by atomic mass is 9.66. The molecule has 0 unspecified atom stereocenters. The Labute approximate surface area is 267 Å². The highest BCUT2D eigenvalue weighted by Gasteiger charge is 2.56. The number of allylic oxidation sites excluding steroid dienone is 2. The normalized spacial score (nSPS) is 24.2. The Kier molecular flexibility index (Phi) is 11.1. The third-order valence-electron chi connectivity index (χ3n) is 10.1. The Morgan fingerprint density at radius 1 is 1.02 bits per heavy atom. The van der Waals surface area contributed by atoms with Crippen LogP contribution in [0.5, 0.6) is 0 Å².